The van der Waals surface area contributed by atoms with Crippen molar-refractivity contribution in [1.82, 2.24) is 9.62 Å². The summed E-state index contributed by atoms with van der Waals surface area (Å²) in [6.45, 7) is 2.82. The predicted octanol–water partition coefficient (Wildman–Crippen LogP) is -0.0992. The number of sulfonamides is 1. The molecular formula is C20H26N3O4S+. The second-order valence-corrected chi connectivity index (χ2v) is 8.71. The zero-order chi connectivity index (χ0) is 20.0. The van der Waals surface area contributed by atoms with Gasteiger partial charge in [-0.15, -0.1) is 0 Å². The molecule has 2 aromatic rings. The fourth-order valence-electron chi connectivity index (χ4n) is 3.23. The van der Waals surface area contributed by atoms with Crippen LogP contribution in [0, 0.1) is 0 Å². The summed E-state index contributed by atoms with van der Waals surface area (Å²) in [5.41, 5.74) is 0.974. The highest BCUT2D eigenvalue weighted by Crippen LogP contribution is 2.15. The highest BCUT2D eigenvalue weighted by atomic mass is 32.2. The molecule has 1 fully saturated rings. The van der Waals surface area contributed by atoms with Crippen LogP contribution >= 0.6 is 0 Å². The van der Waals surface area contributed by atoms with Crippen LogP contribution in [0.15, 0.2) is 59.5 Å². The topological polar surface area (TPSA) is 80.2 Å². The Hall–Kier alpha value is -2.42. The summed E-state index contributed by atoms with van der Waals surface area (Å²) in [5.74, 6) is 0.713. The standard InChI is InChI=1S/C20H25N3O4S/c1-27-18-7-5-6-17(14-18)15-21-20(24)16-22-10-12-23(13-11-22)28(25,26)19-8-3-2-4-9-19/h2-9,14H,10-13,15-16H2,1H3,(H,21,24)/p+1. The van der Waals surface area contributed by atoms with Crippen molar-refractivity contribution in [3.05, 3.63) is 60.2 Å². The van der Waals surface area contributed by atoms with Crippen molar-refractivity contribution in [1.29, 1.82) is 0 Å². The number of benzene rings is 2. The number of quaternary nitrogens is 1. The maximum absolute atomic E-state index is 12.7. The molecule has 3 rings (SSSR count). The van der Waals surface area contributed by atoms with Gasteiger partial charge in [0.15, 0.2) is 6.54 Å². The van der Waals surface area contributed by atoms with Crippen LogP contribution in [0.4, 0.5) is 0 Å². The molecule has 0 aliphatic carbocycles. The van der Waals surface area contributed by atoms with Gasteiger partial charge in [0, 0.05) is 6.54 Å². The minimum absolute atomic E-state index is 0.0443. The molecule has 1 aliphatic rings. The monoisotopic (exact) mass is 404 g/mol. The highest BCUT2D eigenvalue weighted by Gasteiger charge is 2.30. The van der Waals surface area contributed by atoms with Crippen molar-refractivity contribution in [3.8, 4) is 5.75 Å². The van der Waals surface area contributed by atoms with E-state index in [1.807, 2.05) is 24.3 Å². The van der Waals surface area contributed by atoms with Gasteiger partial charge in [-0.3, -0.25) is 4.79 Å². The van der Waals surface area contributed by atoms with Crippen LogP contribution in [0.1, 0.15) is 5.56 Å². The number of ether oxygens (including phenoxy) is 1. The smallest absolute Gasteiger partial charge is 0.275 e. The molecule has 28 heavy (non-hydrogen) atoms. The molecule has 1 amide bonds. The van der Waals surface area contributed by atoms with E-state index in [9.17, 15) is 13.2 Å². The largest absolute Gasteiger partial charge is 0.497 e. The molecule has 150 valence electrons. The van der Waals surface area contributed by atoms with E-state index < -0.39 is 10.0 Å². The van der Waals surface area contributed by atoms with Crippen molar-refractivity contribution in [3.63, 3.8) is 0 Å². The second kappa shape index (κ2) is 9.18. The van der Waals surface area contributed by atoms with Crippen LogP contribution < -0.4 is 15.0 Å². The summed E-state index contributed by atoms with van der Waals surface area (Å²) in [7, 11) is -1.85. The van der Waals surface area contributed by atoms with Crippen molar-refractivity contribution in [2.75, 3.05) is 39.8 Å². The molecule has 2 aromatic carbocycles. The highest BCUT2D eigenvalue weighted by molar-refractivity contribution is 7.89. The molecule has 0 atom stereocenters. The summed E-state index contributed by atoms with van der Waals surface area (Å²) >= 11 is 0. The van der Waals surface area contributed by atoms with Gasteiger partial charge in [-0.25, -0.2) is 8.42 Å². The lowest BCUT2D eigenvalue weighted by Gasteiger charge is -2.31. The van der Waals surface area contributed by atoms with E-state index in [-0.39, 0.29) is 5.91 Å². The maximum Gasteiger partial charge on any atom is 0.275 e. The van der Waals surface area contributed by atoms with Crippen molar-refractivity contribution < 1.29 is 22.8 Å². The van der Waals surface area contributed by atoms with Crippen molar-refractivity contribution >= 4 is 15.9 Å². The number of nitrogens with one attached hydrogen (secondary N) is 2. The molecule has 0 saturated carbocycles. The summed E-state index contributed by atoms with van der Waals surface area (Å²) < 4.78 is 32.0. The van der Waals surface area contributed by atoms with Crippen LogP contribution in [-0.2, 0) is 21.4 Å². The third kappa shape index (κ3) is 5.09. The average Bonchev–Trinajstić information content (AvgIpc) is 2.73. The van der Waals surface area contributed by atoms with E-state index in [1.165, 1.54) is 4.31 Å². The molecule has 2 N–H and O–H groups in total. The van der Waals surface area contributed by atoms with Gasteiger partial charge < -0.3 is 15.0 Å². The third-order valence-corrected chi connectivity index (χ3v) is 6.76. The molecule has 0 aromatic heterocycles. The lowest BCUT2D eigenvalue weighted by Crippen LogP contribution is -3.15. The molecule has 0 bridgehead atoms. The Bertz CT molecular complexity index is 895. The molecule has 1 aliphatic heterocycles. The lowest BCUT2D eigenvalue weighted by atomic mass is 10.2. The Morgan fingerprint density at radius 3 is 2.50 bits per heavy atom. The fourth-order valence-corrected chi connectivity index (χ4v) is 4.70. The van der Waals surface area contributed by atoms with Crippen LogP contribution in [-0.4, -0.2) is 58.5 Å². The first-order valence-corrected chi connectivity index (χ1v) is 10.7. The summed E-state index contributed by atoms with van der Waals surface area (Å²) in [6.07, 6.45) is 0. The Labute approximate surface area is 166 Å². The molecule has 0 radical (unpaired) electrons. The van der Waals surface area contributed by atoms with Crippen LogP contribution in [0.2, 0.25) is 0 Å². The lowest BCUT2D eigenvalue weighted by molar-refractivity contribution is -0.895. The number of piperazine rings is 1. The summed E-state index contributed by atoms with van der Waals surface area (Å²) in [4.78, 5) is 13.6. The van der Waals surface area contributed by atoms with Crippen LogP contribution in [0.25, 0.3) is 0 Å². The SMILES string of the molecule is COc1cccc(CNC(=O)C[NH+]2CCN(S(=O)(=O)c3ccccc3)CC2)c1. The van der Waals surface area contributed by atoms with Gasteiger partial charge in [0.1, 0.15) is 5.75 Å². The van der Waals surface area contributed by atoms with Gasteiger partial charge in [0.25, 0.3) is 5.91 Å². The minimum atomic E-state index is -3.46. The van der Waals surface area contributed by atoms with Gasteiger partial charge in [-0.1, -0.05) is 30.3 Å². The van der Waals surface area contributed by atoms with E-state index in [2.05, 4.69) is 5.32 Å². The van der Waals surface area contributed by atoms with E-state index in [0.29, 0.717) is 44.2 Å². The number of amides is 1. The van der Waals surface area contributed by atoms with Gasteiger partial charge in [-0.2, -0.15) is 4.31 Å². The van der Waals surface area contributed by atoms with Gasteiger partial charge >= 0.3 is 0 Å². The molecule has 1 heterocycles. The second-order valence-electron chi connectivity index (χ2n) is 6.77. The molecule has 0 spiro atoms. The Balaban J connectivity index is 1.47. The van der Waals surface area contributed by atoms with Crippen molar-refractivity contribution in [2.24, 2.45) is 0 Å². The zero-order valence-electron chi connectivity index (χ0n) is 15.9. The normalized spacial score (nSPS) is 15.9. The number of rotatable bonds is 7. The maximum atomic E-state index is 12.7. The minimum Gasteiger partial charge on any atom is -0.497 e. The van der Waals surface area contributed by atoms with Crippen LogP contribution in [0.5, 0.6) is 5.75 Å². The quantitative estimate of drug-likeness (QED) is 0.676. The Morgan fingerprint density at radius 1 is 1.11 bits per heavy atom. The Kier molecular flexibility index (Phi) is 6.66. The van der Waals surface area contributed by atoms with Gasteiger partial charge in [-0.05, 0) is 29.8 Å². The first kappa shape index (κ1) is 20.3. The molecular weight excluding hydrogens is 378 g/mol. The summed E-state index contributed by atoms with van der Waals surface area (Å²) in [6, 6.07) is 16.0. The number of carbonyl (C=O) groups is 1. The van der Waals surface area contributed by atoms with E-state index in [1.54, 1.807) is 37.4 Å². The predicted molar refractivity (Wildman–Crippen MR) is 106 cm³/mol. The Morgan fingerprint density at radius 2 is 1.82 bits per heavy atom. The van der Waals surface area contributed by atoms with Crippen LogP contribution in [0.3, 0.4) is 0 Å². The summed E-state index contributed by atoms with van der Waals surface area (Å²) in [5, 5.41) is 2.92. The molecule has 0 unspecified atom stereocenters. The molecule has 8 heteroatoms. The number of methoxy groups -OCH3 is 1. The number of nitrogens with zero attached hydrogens (tertiary/aromatic N) is 1. The first-order chi connectivity index (χ1) is 13.5. The number of hydrogen-bond donors (Lipinski definition) is 2. The zero-order valence-corrected chi connectivity index (χ0v) is 16.7. The number of carbonyl (C=O) groups excluding carboxylic acids is 1. The average molecular weight is 405 g/mol. The van der Waals surface area contributed by atoms with E-state index in [4.69, 9.17) is 4.74 Å². The molecule has 1 saturated heterocycles. The number of hydrogen-bond acceptors (Lipinski definition) is 4. The van der Waals surface area contributed by atoms with Gasteiger partial charge in [0.2, 0.25) is 10.0 Å². The van der Waals surface area contributed by atoms with E-state index >= 15 is 0 Å². The third-order valence-electron chi connectivity index (χ3n) is 4.84. The fraction of sp³-hybridized carbons (Fsp3) is 0.350. The van der Waals surface area contributed by atoms with Gasteiger partial charge in [0.05, 0.1) is 38.2 Å². The molecule has 7 nitrogen and oxygen atoms in total. The first-order valence-electron chi connectivity index (χ1n) is 9.27. The van der Waals surface area contributed by atoms with Crippen molar-refractivity contribution in [2.45, 2.75) is 11.4 Å². The van der Waals surface area contributed by atoms with E-state index in [0.717, 1.165) is 16.2 Å².